The minimum atomic E-state index is -1.86. The maximum absolute atomic E-state index is 10.8. The zero-order valence-electron chi connectivity index (χ0n) is 9.75. The second-order valence-electron chi connectivity index (χ2n) is 3.75. The van der Waals surface area contributed by atoms with Gasteiger partial charge < -0.3 is 20.1 Å². The van der Waals surface area contributed by atoms with Gasteiger partial charge in [0.15, 0.2) is 6.10 Å². The van der Waals surface area contributed by atoms with Crippen LogP contribution in [0.1, 0.15) is 18.9 Å². The second-order valence-corrected chi connectivity index (χ2v) is 3.75. The fourth-order valence-corrected chi connectivity index (χ4v) is 1.64. The average molecular weight is 240 g/mol. The quantitative estimate of drug-likeness (QED) is 0.706. The Morgan fingerprint density at radius 1 is 1.41 bits per heavy atom. The first kappa shape index (κ1) is 13.5. The van der Waals surface area contributed by atoms with E-state index in [1.165, 1.54) is 19.2 Å². The van der Waals surface area contributed by atoms with Crippen LogP contribution in [0.15, 0.2) is 24.3 Å². The lowest BCUT2D eigenvalue weighted by molar-refractivity contribution is -0.165. The van der Waals surface area contributed by atoms with E-state index in [2.05, 4.69) is 0 Å². The van der Waals surface area contributed by atoms with E-state index in [4.69, 9.17) is 9.84 Å². The summed E-state index contributed by atoms with van der Waals surface area (Å²) in [6, 6.07) is 6.28. The summed E-state index contributed by atoms with van der Waals surface area (Å²) in [7, 11) is 1.51. The zero-order valence-corrected chi connectivity index (χ0v) is 9.75. The molecular formula is C12H16O5. The molecule has 2 atom stereocenters. The van der Waals surface area contributed by atoms with E-state index >= 15 is 0 Å². The topological polar surface area (TPSA) is 87.0 Å². The summed E-state index contributed by atoms with van der Waals surface area (Å²) in [6.07, 6.45) is -1.77. The molecule has 17 heavy (non-hydrogen) atoms. The molecule has 94 valence electrons. The third-order valence-corrected chi connectivity index (χ3v) is 2.82. The van der Waals surface area contributed by atoms with Crippen LogP contribution in [0.5, 0.6) is 5.75 Å². The van der Waals surface area contributed by atoms with Gasteiger partial charge in [0.05, 0.1) is 7.11 Å². The lowest BCUT2D eigenvalue weighted by atomic mass is 9.85. The van der Waals surface area contributed by atoms with Crippen molar-refractivity contribution in [1.29, 1.82) is 0 Å². The van der Waals surface area contributed by atoms with E-state index < -0.39 is 17.7 Å². The lowest BCUT2D eigenvalue weighted by Crippen LogP contribution is -2.44. The molecule has 0 saturated carbocycles. The van der Waals surface area contributed by atoms with Crippen LogP contribution in [0.3, 0.4) is 0 Å². The maximum atomic E-state index is 10.8. The highest BCUT2D eigenvalue weighted by Gasteiger charge is 2.40. The molecule has 5 nitrogen and oxygen atoms in total. The van der Waals surface area contributed by atoms with Crippen molar-refractivity contribution in [3.8, 4) is 5.75 Å². The SMILES string of the molecule is CCC(O)(c1ccc(OC)cc1)C(O)C(=O)O. The van der Waals surface area contributed by atoms with E-state index in [9.17, 15) is 15.0 Å². The van der Waals surface area contributed by atoms with Crippen molar-refractivity contribution < 1.29 is 24.9 Å². The van der Waals surface area contributed by atoms with Crippen molar-refractivity contribution in [2.45, 2.75) is 25.0 Å². The Bertz CT molecular complexity index is 386. The number of hydrogen-bond donors (Lipinski definition) is 3. The fraction of sp³-hybridized carbons (Fsp3) is 0.417. The Balaban J connectivity index is 3.11. The van der Waals surface area contributed by atoms with Gasteiger partial charge in [-0.15, -0.1) is 0 Å². The Kier molecular flexibility index (Phi) is 4.09. The van der Waals surface area contributed by atoms with Crippen LogP contribution in [0.2, 0.25) is 0 Å². The number of carboxylic acid groups (broad SMARTS) is 1. The molecule has 0 aliphatic rings. The molecule has 1 aromatic carbocycles. The van der Waals surface area contributed by atoms with Crippen molar-refractivity contribution >= 4 is 5.97 Å². The molecule has 0 heterocycles. The van der Waals surface area contributed by atoms with Gasteiger partial charge in [0, 0.05) is 0 Å². The molecule has 1 aromatic rings. The maximum Gasteiger partial charge on any atom is 0.335 e. The first-order chi connectivity index (χ1) is 7.95. The standard InChI is InChI=1S/C12H16O5/c1-3-12(16,10(13)11(14)15)8-4-6-9(17-2)7-5-8/h4-7,10,13,16H,3H2,1-2H3,(H,14,15). The average Bonchev–Trinajstić information content (AvgIpc) is 2.36. The van der Waals surface area contributed by atoms with Crippen LogP contribution in [0.4, 0.5) is 0 Å². The molecule has 1 rings (SSSR count). The van der Waals surface area contributed by atoms with Gasteiger partial charge in [-0.25, -0.2) is 4.79 Å². The van der Waals surface area contributed by atoms with Crippen LogP contribution in [-0.2, 0) is 10.4 Å². The van der Waals surface area contributed by atoms with E-state index in [0.717, 1.165) is 0 Å². The molecule has 0 bridgehead atoms. The molecule has 3 N–H and O–H groups in total. The third kappa shape index (κ3) is 2.57. The van der Waals surface area contributed by atoms with Crippen LogP contribution in [-0.4, -0.2) is 34.5 Å². The van der Waals surface area contributed by atoms with Crippen molar-refractivity contribution in [3.63, 3.8) is 0 Å². The molecule has 0 amide bonds. The molecule has 2 unspecified atom stereocenters. The monoisotopic (exact) mass is 240 g/mol. The molecule has 5 heteroatoms. The van der Waals surface area contributed by atoms with Crippen molar-refractivity contribution in [3.05, 3.63) is 29.8 Å². The summed E-state index contributed by atoms with van der Waals surface area (Å²) in [5, 5.41) is 28.5. The largest absolute Gasteiger partial charge is 0.497 e. The number of hydrogen-bond acceptors (Lipinski definition) is 4. The van der Waals surface area contributed by atoms with Gasteiger partial charge >= 0.3 is 5.97 Å². The second kappa shape index (κ2) is 5.16. The van der Waals surface area contributed by atoms with Crippen LogP contribution >= 0.6 is 0 Å². The number of aliphatic carboxylic acids is 1. The summed E-state index contributed by atoms with van der Waals surface area (Å²) >= 11 is 0. The highest BCUT2D eigenvalue weighted by molar-refractivity contribution is 5.74. The van der Waals surface area contributed by atoms with Gasteiger partial charge in [0.1, 0.15) is 11.4 Å². The van der Waals surface area contributed by atoms with Crippen LogP contribution in [0, 0.1) is 0 Å². The molecule has 0 fully saturated rings. The first-order valence-electron chi connectivity index (χ1n) is 5.23. The summed E-state index contributed by atoms with van der Waals surface area (Å²) in [4.78, 5) is 10.8. The molecular weight excluding hydrogens is 224 g/mol. The highest BCUT2D eigenvalue weighted by Crippen LogP contribution is 2.30. The molecule has 0 aliphatic carbocycles. The summed E-state index contributed by atoms with van der Waals surface area (Å²) in [5.41, 5.74) is -1.45. The van der Waals surface area contributed by atoms with E-state index in [1.54, 1.807) is 19.1 Å². The fourth-order valence-electron chi connectivity index (χ4n) is 1.64. The number of methoxy groups -OCH3 is 1. The summed E-state index contributed by atoms with van der Waals surface area (Å²) in [6.45, 7) is 1.61. The van der Waals surface area contributed by atoms with E-state index in [-0.39, 0.29) is 6.42 Å². The first-order valence-corrected chi connectivity index (χ1v) is 5.23. The van der Waals surface area contributed by atoms with Gasteiger partial charge in [0.2, 0.25) is 0 Å². The highest BCUT2D eigenvalue weighted by atomic mass is 16.5. The summed E-state index contributed by atoms with van der Waals surface area (Å²) < 4.78 is 4.96. The number of carbonyl (C=O) groups is 1. The number of benzene rings is 1. The van der Waals surface area contributed by atoms with E-state index in [0.29, 0.717) is 11.3 Å². The Labute approximate surface area is 99.3 Å². The lowest BCUT2D eigenvalue weighted by Gasteiger charge is -2.30. The smallest absolute Gasteiger partial charge is 0.335 e. The molecule has 0 aliphatic heterocycles. The normalized spacial score (nSPS) is 16.0. The molecule has 0 aromatic heterocycles. The van der Waals surface area contributed by atoms with E-state index in [1.807, 2.05) is 0 Å². The minimum absolute atomic E-state index is 0.0901. The Morgan fingerprint density at radius 2 is 1.94 bits per heavy atom. The predicted molar refractivity (Wildman–Crippen MR) is 60.8 cm³/mol. The molecule has 0 saturated heterocycles. The number of carboxylic acids is 1. The van der Waals surface area contributed by atoms with Crippen molar-refractivity contribution in [1.82, 2.24) is 0 Å². The van der Waals surface area contributed by atoms with Gasteiger partial charge in [-0.05, 0) is 24.1 Å². The van der Waals surface area contributed by atoms with Gasteiger partial charge in [0.25, 0.3) is 0 Å². The Hall–Kier alpha value is -1.59. The van der Waals surface area contributed by atoms with Gasteiger partial charge in [-0.3, -0.25) is 0 Å². The zero-order chi connectivity index (χ0) is 13.1. The summed E-state index contributed by atoms with van der Waals surface area (Å²) in [5.74, 6) is -0.859. The van der Waals surface area contributed by atoms with Crippen LogP contribution < -0.4 is 4.74 Å². The number of aliphatic hydroxyl groups is 2. The van der Waals surface area contributed by atoms with Gasteiger partial charge in [-0.1, -0.05) is 19.1 Å². The molecule has 0 radical (unpaired) electrons. The predicted octanol–water partition coefficient (Wildman–Crippen LogP) is 0.738. The number of ether oxygens (including phenoxy) is 1. The third-order valence-electron chi connectivity index (χ3n) is 2.82. The van der Waals surface area contributed by atoms with Gasteiger partial charge in [-0.2, -0.15) is 0 Å². The van der Waals surface area contributed by atoms with Crippen molar-refractivity contribution in [2.24, 2.45) is 0 Å². The number of rotatable bonds is 5. The van der Waals surface area contributed by atoms with Crippen LogP contribution in [0.25, 0.3) is 0 Å². The van der Waals surface area contributed by atoms with Crippen molar-refractivity contribution in [2.75, 3.05) is 7.11 Å². The Morgan fingerprint density at radius 3 is 2.29 bits per heavy atom. The molecule has 0 spiro atoms. The number of aliphatic hydroxyl groups excluding tert-OH is 1. The minimum Gasteiger partial charge on any atom is -0.497 e.